The first-order valence-corrected chi connectivity index (χ1v) is 6.62. The van der Waals surface area contributed by atoms with Crippen LogP contribution in [0.1, 0.15) is 23.7 Å². The molecule has 2 rings (SSSR count). The SMILES string of the molecule is CCNCc1cc(C)ccc1OCc1ccccn1. The zero-order chi connectivity index (χ0) is 13.5. The standard InChI is InChI=1S/C16H20N2O/c1-3-17-11-14-10-13(2)7-8-16(14)19-12-15-6-4-5-9-18-15/h4-10,17H,3,11-12H2,1-2H3. The fourth-order valence-corrected chi connectivity index (χ4v) is 1.88. The molecule has 0 atom stereocenters. The summed E-state index contributed by atoms with van der Waals surface area (Å²) in [6.45, 7) is 6.48. The van der Waals surface area contributed by atoms with Gasteiger partial charge in [0.1, 0.15) is 12.4 Å². The molecular weight excluding hydrogens is 236 g/mol. The molecule has 0 aliphatic carbocycles. The molecule has 0 aliphatic rings. The summed E-state index contributed by atoms with van der Waals surface area (Å²) in [5, 5.41) is 3.33. The summed E-state index contributed by atoms with van der Waals surface area (Å²) in [6.07, 6.45) is 1.79. The van der Waals surface area contributed by atoms with Crippen molar-refractivity contribution >= 4 is 0 Å². The normalized spacial score (nSPS) is 10.4. The zero-order valence-corrected chi connectivity index (χ0v) is 11.5. The summed E-state index contributed by atoms with van der Waals surface area (Å²) in [4.78, 5) is 4.26. The van der Waals surface area contributed by atoms with Gasteiger partial charge in [-0.1, -0.05) is 30.7 Å². The first-order chi connectivity index (χ1) is 9.29. The minimum absolute atomic E-state index is 0.503. The van der Waals surface area contributed by atoms with Crippen LogP contribution in [0.5, 0.6) is 5.75 Å². The number of ether oxygens (including phenoxy) is 1. The Labute approximate surface area is 114 Å². The van der Waals surface area contributed by atoms with Gasteiger partial charge in [-0.25, -0.2) is 0 Å². The molecule has 0 fully saturated rings. The van der Waals surface area contributed by atoms with E-state index in [-0.39, 0.29) is 0 Å². The minimum Gasteiger partial charge on any atom is -0.487 e. The number of nitrogens with one attached hydrogen (secondary N) is 1. The second-order valence-electron chi connectivity index (χ2n) is 4.50. The van der Waals surface area contributed by atoms with E-state index in [2.05, 4.69) is 36.3 Å². The minimum atomic E-state index is 0.503. The van der Waals surface area contributed by atoms with E-state index in [9.17, 15) is 0 Å². The smallest absolute Gasteiger partial charge is 0.130 e. The number of aryl methyl sites for hydroxylation is 1. The maximum atomic E-state index is 5.87. The molecule has 0 saturated heterocycles. The third-order valence-electron chi connectivity index (χ3n) is 2.88. The lowest BCUT2D eigenvalue weighted by molar-refractivity contribution is 0.297. The highest BCUT2D eigenvalue weighted by Crippen LogP contribution is 2.21. The highest BCUT2D eigenvalue weighted by Gasteiger charge is 2.04. The molecule has 100 valence electrons. The van der Waals surface area contributed by atoms with Gasteiger partial charge in [-0.05, 0) is 31.7 Å². The Balaban J connectivity index is 2.06. The fourth-order valence-electron chi connectivity index (χ4n) is 1.88. The molecule has 1 aromatic heterocycles. The van der Waals surface area contributed by atoms with Gasteiger partial charge in [0.05, 0.1) is 5.69 Å². The summed E-state index contributed by atoms with van der Waals surface area (Å²) in [7, 11) is 0. The molecule has 0 saturated carbocycles. The Morgan fingerprint density at radius 3 is 2.84 bits per heavy atom. The van der Waals surface area contributed by atoms with Gasteiger partial charge in [-0.3, -0.25) is 4.98 Å². The average molecular weight is 256 g/mol. The van der Waals surface area contributed by atoms with Crippen LogP contribution >= 0.6 is 0 Å². The van der Waals surface area contributed by atoms with Gasteiger partial charge in [0, 0.05) is 18.3 Å². The Morgan fingerprint density at radius 2 is 2.11 bits per heavy atom. The highest BCUT2D eigenvalue weighted by atomic mass is 16.5. The van der Waals surface area contributed by atoms with Gasteiger partial charge >= 0.3 is 0 Å². The number of hydrogen-bond donors (Lipinski definition) is 1. The first kappa shape index (κ1) is 13.6. The molecule has 0 bridgehead atoms. The van der Waals surface area contributed by atoms with Crippen molar-refractivity contribution in [1.29, 1.82) is 0 Å². The van der Waals surface area contributed by atoms with Gasteiger partial charge in [0.25, 0.3) is 0 Å². The molecule has 19 heavy (non-hydrogen) atoms. The van der Waals surface area contributed by atoms with Crippen LogP contribution in [0.4, 0.5) is 0 Å². The van der Waals surface area contributed by atoms with E-state index in [0.29, 0.717) is 6.61 Å². The van der Waals surface area contributed by atoms with Crippen molar-refractivity contribution in [2.24, 2.45) is 0 Å². The largest absolute Gasteiger partial charge is 0.487 e. The molecule has 3 heteroatoms. The van der Waals surface area contributed by atoms with Crippen molar-refractivity contribution in [2.45, 2.75) is 27.0 Å². The van der Waals surface area contributed by atoms with Gasteiger partial charge in [0.15, 0.2) is 0 Å². The molecule has 1 aromatic carbocycles. The lowest BCUT2D eigenvalue weighted by atomic mass is 10.1. The van der Waals surface area contributed by atoms with Crippen LogP contribution in [-0.4, -0.2) is 11.5 Å². The molecule has 1 N–H and O–H groups in total. The van der Waals surface area contributed by atoms with Crippen molar-refractivity contribution in [3.63, 3.8) is 0 Å². The van der Waals surface area contributed by atoms with Gasteiger partial charge < -0.3 is 10.1 Å². The Hall–Kier alpha value is -1.87. The molecule has 0 spiro atoms. The van der Waals surface area contributed by atoms with E-state index in [0.717, 1.165) is 24.5 Å². The number of rotatable bonds is 6. The van der Waals surface area contributed by atoms with E-state index in [1.165, 1.54) is 11.1 Å². The zero-order valence-electron chi connectivity index (χ0n) is 11.5. The predicted molar refractivity (Wildman–Crippen MR) is 77.1 cm³/mol. The predicted octanol–water partition coefficient (Wildman–Crippen LogP) is 3.08. The molecule has 0 amide bonds. The Morgan fingerprint density at radius 1 is 1.21 bits per heavy atom. The number of benzene rings is 1. The highest BCUT2D eigenvalue weighted by molar-refractivity contribution is 5.37. The van der Waals surface area contributed by atoms with Crippen molar-refractivity contribution in [3.8, 4) is 5.75 Å². The number of hydrogen-bond acceptors (Lipinski definition) is 3. The first-order valence-electron chi connectivity index (χ1n) is 6.62. The van der Waals surface area contributed by atoms with Crippen LogP contribution in [0.2, 0.25) is 0 Å². The molecule has 2 aromatic rings. The summed E-state index contributed by atoms with van der Waals surface area (Å²) in [6, 6.07) is 12.1. The van der Waals surface area contributed by atoms with Crippen molar-refractivity contribution in [3.05, 3.63) is 59.4 Å². The maximum Gasteiger partial charge on any atom is 0.130 e. The molecule has 0 radical (unpaired) electrons. The van der Waals surface area contributed by atoms with Crippen molar-refractivity contribution in [1.82, 2.24) is 10.3 Å². The molecule has 1 heterocycles. The Bertz CT molecular complexity index is 511. The van der Waals surface area contributed by atoms with E-state index in [1.54, 1.807) is 6.20 Å². The summed E-state index contributed by atoms with van der Waals surface area (Å²) in [5.74, 6) is 0.928. The number of pyridine rings is 1. The van der Waals surface area contributed by atoms with Crippen LogP contribution in [0.25, 0.3) is 0 Å². The molecule has 0 unspecified atom stereocenters. The summed E-state index contributed by atoms with van der Waals surface area (Å²) >= 11 is 0. The number of aromatic nitrogens is 1. The Kier molecular flexibility index (Phi) is 4.93. The third kappa shape index (κ3) is 4.07. The summed E-state index contributed by atoms with van der Waals surface area (Å²) in [5.41, 5.74) is 3.38. The molecule has 0 aliphatic heterocycles. The lowest BCUT2D eigenvalue weighted by Crippen LogP contribution is -2.13. The van der Waals surface area contributed by atoms with Crippen molar-refractivity contribution < 1.29 is 4.74 Å². The van der Waals surface area contributed by atoms with E-state index < -0.39 is 0 Å². The maximum absolute atomic E-state index is 5.87. The van der Waals surface area contributed by atoms with E-state index >= 15 is 0 Å². The molecule has 3 nitrogen and oxygen atoms in total. The van der Waals surface area contributed by atoms with Crippen LogP contribution < -0.4 is 10.1 Å². The van der Waals surface area contributed by atoms with Crippen LogP contribution in [0.3, 0.4) is 0 Å². The number of nitrogens with zero attached hydrogens (tertiary/aromatic N) is 1. The van der Waals surface area contributed by atoms with Gasteiger partial charge in [-0.15, -0.1) is 0 Å². The fraction of sp³-hybridized carbons (Fsp3) is 0.312. The second-order valence-corrected chi connectivity index (χ2v) is 4.50. The van der Waals surface area contributed by atoms with Crippen LogP contribution in [-0.2, 0) is 13.2 Å². The quantitative estimate of drug-likeness (QED) is 0.862. The summed E-state index contributed by atoms with van der Waals surface area (Å²) < 4.78 is 5.87. The average Bonchev–Trinajstić information content (AvgIpc) is 2.45. The molecular formula is C16H20N2O. The topological polar surface area (TPSA) is 34.1 Å². The van der Waals surface area contributed by atoms with E-state index in [4.69, 9.17) is 4.74 Å². The lowest BCUT2D eigenvalue weighted by Gasteiger charge is -2.12. The monoisotopic (exact) mass is 256 g/mol. The van der Waals surface area contributed by atoms with Crippen LogP contribution in [0, 0.1) is 6.92 Å². The van der Waals surface area contributed by atoms with Gasteiger partial charge in [0.2, 0.25) is 0 Å². The second kappa shape index (κ2) is 6.90. The van der Waals surface area contributed by atoms with Crippen LogP contribution in [0.15, 0.2) is 42.6 Å². The van der Waals surface area contributed by atoms with Crippen molar-refractivity contribution in [2.75, 3.05) is 6.54 Å². The van der Waals surface area contributed by atoms with E-state index in [1.807, 2.05) is 24.3 Å². The van der Waals surface area contributed by atoms with Gasteiger partial charge in [-0.2, -0.15) is 0 Å². The third-order valence-corrected chi connectivity index (χ3v) is 2.88.